The van der Waals surface area contributed by atoms with E-state index in [1.54, 1.807) is 13.0 Å². The van der Waals surface area contributed by atoms with Gasteiger partial charge in [0.05, 0.1) is 4.47 Å². The maximum absolute atomic E-state index is 13.1. The summed E-state index contributed by atoms with van der Waals surface area (Å²) in [4.78, 5) is 12.2. The molecule has 1 amide bonds. The van der Waals surface area contributed by atoms with Crippen LogP contribution >= 0.6 is 15.9 Å². The molecule has 3 rings (SSSR count). The molecule has 24 heavy (non-hydrogen) atoms. The Morgan fingerprint density at radius 2 is 2.08 bits per heavy atom. The van der Waals surface area contributed by atoms with Crippen molar-refractivity contribution in [2.24, 2.45) is 0 Å². The number of rotatable bonds is 5. The molecule has 1 heterocycles. The van der Waals surface area contributed by atoms with E-state index in [1.165, 1.54) is 18.2 Å². The number of nitrogens with one attached hydrogen (secondary N) is 1. The van der Waals surface area contributed by atoms with E-state index >= 15 is 0 Å². The Bertz CT molecular complexity index is 768. The zero-order chi connectivity index (χ0) is 17.1. The van der Waals surface area contributed by atoms with Gasteiger partial charge in [0.25, 0.3) is 5.91 Å². The van der Waals surface area contributed by atoms with E-state index in [-0.39, 0.29) is 18.5 Å². The zero-order valence-corrected chi connectivity index (χ0v) is 14.4. The molecule has 5 nitrogen and oxygen atoms in total. The summed E-state index contributed by atoms with van der Waals surface area (Å²) in [6.45, 7) is 2.18. The monoisotopic (exact) mass is 395 g/mol. The summed E-state index contributed by atoms with van der Waals surface area (Å²) in [5.41, 5.74) is 0.891. The molecule has 0 saturated carbocycles. The van der Waals surface area contributed by atoms with Crippen LogP contribution < -0.4 is 19.5 Å². The van der Waals surface area contributed by atoms with Crippen molar-refractivity contribution in [3.8, 4) is 17.2 Å². The Labute approximate surface area is 146 Å². The van der Waals surface area contributed by atoms with E-state index < -0.39 is 6.10 Å². The maximum atomic E-state index is 13.1. The summed E-state index contributed by atoms with van der Waals surface area (Å²) in [7, 11) is 0. The fourth-order valence-corrected chi connectivity index (χ4v) is 2.64. The van der Waals surface area contributed by atoms with Crippen LogP contribution in [-0.4, -0.2) is 18.8 Å². The molecule has 0 saturated heterocycles. The number of amides is 1. The Hall–Kier alpha value is -2.28. The highest BCUT2D eigenvalue weighted by Gasteiger charge is 2.17. The molecule has 1 N–H and O–H groups in total. The number of fused-ring (bicyclic) bond motifs is 1. The van der Waals surface area contributed by atoms with Gasteiger partial charge in [-0.1, -0.05) is 6.07 Å². The molecule has 0 bridgehead atoms. The number of benzene rings is 2. The zero-order valence-electron chi connectivity index (χ0n) is 12.8. The highest BCUT2D eigenvalue weighted by molar-refractivity contribution is 9.10. The number of hydrogen-bond acceptors (Lipinski definition) is 4. The van der Waals surface area contributed by atoms with Gasteiger partial charge in [-0.2, -0.15) is 0 Å². The van der Waals surface area contributed by atoms with Crippen LogP contribution in [0.3, 0.4) is 0 Å². The van der Waals surface area contributed by atoms with Crippen LogP contribution in [0.25, 0.3) is 0 Å². The molecular formula is C17H15BrFNO4. The van der Waals surface area contributed by atoms with Crippen LogP contribution in [0.5, 0.6) is 17.2 Å². The molecule has 1 aliphatic rings. The maximum Gasteiger partial charge on any atom is 0.261 e. The molecule has 0 spiro atoms. The van der Waals surface area contributed by atoms with Crippen molar-refractivity contribution in [2.45, 2.75) is 19.6 Å². The lowest BCUT2D eigenvalue weighted by molar-refractivity contribution is -0.127. The van der Waals surface area contributed by atoms with E-state index in [4.69, 9.17) is 14.2 Å². The van der Waals surface area contributed by atoms with Crippen LogP contribution in [0, 0.1) is 5.82 Å². The quantitative estimate of drug-likeness (QED) is 0.842. The number of carbonyl (C=O) groups excluding carboxylic acids is 1. The van der Waals surface area contributed by atoms with Crippen LogP contribution in [0.2, 0.25) is 0 Å². The van der Waals surface area contributed by atoms with Crippen LogP contribution in [0.1, 0.15) is 12.5 Å². The first-order valence-electron chi connectivity index (χ1n) is 7.31. The molecule has 0 fully saturated rings. The average molecular weight is 396 g/mol. The van der Waals surface area contributed by atoms with Gasteiger partial charge in [0.15, 0.2) is 17.6 Å². The van der Waals surface area contributed by atoms with Crippen molar-refractivity contribution in [1.29, 1.82) is 0 Å². The molecule has 1 aliphatic heterocycles. The van der Waals surface area contributed by atoms with Crippen LogP contribution in [-0.2, 0) is 11.3 Å². The normalized spacial score (nSPS) is 13.5. The van der Waals surface area contributed by atoms with Gasteiger partial charge in [0.2, 0.25) is 6.79 Å². The topological polar surface area (TPSA) is 56.8 Å². The van der Waals surface area contributed by atoms with E-state index in [1.807, 2.05) is 12.1 Å². The second kappa shape index (κ2) is 7.09. The molecule has 2 aromatic rings. The van der Waals surface area contributed by atoms with Crippen LogP contribution in [0.4, 0.5) is 4.39 Å². The summed E-state index contributed by atoms with van der Waals surface area (Å²) in [6, 6.07) is 9.52. The smallest absolute Gasteiger partial charge is 0.261 e. The molecule has 2 aromatic carbocycles. The van der Waals surface area contributed by atoms with Gasteiger partial charge in [-0.25, -0.2) is 4.39 Å². The third kappa shape index (κ3) is 3.79. The van der Waals surface area contributed by atoms with E-state index in [0.717, 1.165) is 5.56 Å². The van der Waals surface area contributed by atoms with Crippen molar-refractivity contribution in [1.82, 2.24) is 5.32 Å². The first-order chi connectivity index (χ1) is 11.5. The highest BCUT2D eigenvalue weighted by Crippen LogP contribution is 2.32. The van der Waals surface area contributed by atoms with E-state index in [9.17, 15) is 9.18 Å². The summed E-state index contributed by atoms with van der Waals surface area (Å²) in [6.07, 6.45) is -0.722. The number of carbonyl (C=O) groups is 1. The fourth-order valence-electron chi connectivity index (χ4n) is 2.20. The Kier molecular flexibility index (Phi) is 4.89. The second-order valence-corrected chi connectivity index (χ2v) is 6.09. The molecule has 0 radical (unpaired) electrons. The number of halogens is 2. The molecule has 0 unspecified atom stereocenters. The Balaban J connectivity index is 1.56. The summed E-state index contributed by atoms with van der Waals surface area (Å²) in [5.74, 6) is 1.12. The first-order valence-corrected chi connectivity index (χ1v) is 8.10. The largest absolute Gasteiger partial charge is 0.480 e. The van der Waals surface area contributed by atoms with Gasteiger partial charge in [0, 0.05) is 6.54 Å². The van der Waals surface area contributed by atoms with E-state index in [2.05, 4.69) is 21.2 Å². The SMILES string of the molecule is C[C@@H](Oc1ccc(F)cc1Br)C(=O)NCc1ccc2c(c1)OCO2. The van der Waals surface area contributed by atoms with Crippen molar-refractivity contribution >= 4 is 21.8 Å². The van der Waals surface area contributed by atoms with Crippen molar-refractivity contribution in [2.75, 3.05) is 6.79 Å². The third-order valence-electron chi connectivity index (χ3n) is 3.47. The summed E-state index contributed by atoms with van der Waals surface area (Å²) >= 11 is 3.21. The number of ether oxygens (including phenoxy) is 3. The standard InChI is InChI=1S/C17H15BrFNO4/c1-10(24-14-5-3-12(19)7-13(14)18)17(21)20-8-11-2-4-15-16(6-11)23-9-22-15/h2-7,10H,8-9H2,1H3,(H,20,21)/t10-/m1/s1. The van der Waals surface area contributed by atoms with Gasteiger partial charge >= 0.3 is 0 Å². The van der Waals surface area contributed by atoms with Gasteiger partial charge < -0.3 is 19.5 Å². The van der Waals surface area contributed by atoms with Crippen LogP contribution in [0.15, 0.2) is 40.9 Å². The third-order valence-corrected chi connectivity index (χ3v) is 4.09. The molecular weight excluding hydrogens is 381 g/mol. The molecule has 0 aromatic heterocycles. The van der Waals surface area contributed by atoms with E-state index in [0.29, 0.717) is 28.3 Å². The minimum Gasteiger partial charge on any atom is -0.480 e. The predicted molar refractivity (Wildman–Crippen MR) is 88.6 cm³/mol. The lowest BCUT2D eigenvalue weighted by Gasteiger charge is -2.16. The van der Waals surface area contributed by atoms with Crippen molar-refractivity contribution in [3.05, 3.63) is 52.3 Å². The lowest BCUT2D eigenvalue weighted by Crippen LogP contribution is -2.35. The minimum absolute atomic E-state index is 0.211. The van der Waals surface area contributed by atoms with Gasteiger partial charge in [-0.05, 0) is 58.7 Å². The number of hydrogen-bond donors (Lipinski definition) is 1. The van der Waals surface area contributed by atoms with Gasteiger partial charge in [-0.15, -0.1) is 0 Å². The van der Waals surface area contributed by atoms with Gasteiger partial charge in [0.1, 0.15) is 11.6 Å². The predicted octanol–water partition coefficient (Wildman–Crippen LogP) is 3.40. The summed E-state index contributed by atoms with van der Waals surface area (Å²) < 4.78 is 29.6. The molecule has 126 valence electrons. The summed E-state index contributed by atoms with van der Waals surface area (Å²) in [5, 5.41) is 2.79. The van der Waals surface area contributed by atoms with Crippen molar-refractivity contribution in [3.63, 3.8) is 0 Å². The lowest BCUT2D eigenvalue weighted by atomic mass is 10.2. The minimum atomic E-state index is -0.722. The average Bonchev–Trinajstić information content (AvgIpc) is 3.02. The Morgan fingerprint density at radius 1 is 1.29 bits per heavy atom. The highest BCUT2D eigenvalue weighted by atomic mass is 79.9. The Morgan fingerprint density at radius 3 is 2.88 bits per heavy atom. The molecule has 7 heteroatoms. The molecule has 1 atom stereocenters. The first kappa shape index (κ1) is 16.6. The second-order valence-electron chi connectivity index (χ2n) is 5.24. The molecule has 0 aliphatic carbocycles. The van der Waals surface area contributed by atoms with Gasteiger partial charge in [-0.3, -0.25) is 4.79 Å². The van der Waals surface area contributed by atoms with Crippen molar-refractivity contribution < 1.29 is 23.4 Å². The fraction of sp³-hybridized carbons (Fsp3) is 0.235.